The number of anilines is 2. The van der Waals surface area contributed by atoms with E-state index < -0.39 is 10.0 Å². The molecule has 7 heteroatoms. The van der Waals surface area contributed by atoms with Gasteiger partial charge in [0.25, 0.3) is 0 Å². The Hall–Kier alpha value is -1.78. The van der Waals surface area contributed by atoms with E-state index in [1.807, 2.05) is 18.7 Å². The molecule has 21 heavy (non-hydrogen) atoms. The molecule has 2 N–H and O–H groups in total. The minimum atomic E-state index is -3.51. The summed E-state index contributed by atoms with van der Waals surface area (Å²) in [5.41, 5.74) is 7.13. The molecular weight excluding hydrogens is 288 g/mol. The Morgan fingerprint density at radius 2 is 1.95 bits per heavy atom. The quantitative estimate of drug-likeness (QED) is 0.807. The van der Waals surface area contributed by atoms with Crippen LogP contribution in [-0.2, 0) is 10.0 Å². The molecule has 1 rings (SSSR count). The minimum absolute atomic E-state index is 0.109. The van der Waals surface area contributed by atoms with Crippen molar-refractivity contribution in [2.45, 2.75) is 31.2 Å². The maximum absolute atomic E-state index is 12.2. The third-order valence-corrected chi connectivity index (χ3v) is 4.99. The van der Waals surface area contributed by atoms with E-state index in [0.717, 1.165) is 4.31 Å². The first-order valence-corrected chi connectivity index (χ1v) is 8.11. The maximum atomic E-state index is 12.2. The molecule has 0 saturated heterocycles. The van der Waals surface area contributed by atoms with Crippen LogP contribution in [0.5, 0.6) is 0 Å². The van der Waals surface area contributed by atoms with Gasteiger partial charge in [-0.25, -0.2) is 12.7 Å². The lowest BCUT2D eigenvalue weighted by atomic mass is 10.2. The Kier molecular flexibility index (Phi) is 5.58. The van der Waals surface area contributed by atoms with Crippen LogP contribution in [0.4, 0.5) is 11.4 Å². The van der Waals surface area contributed by atoms with Gasteiger partial charge < -0.3 is 10.6 Å². The second kappa shape index (κ2) is 6.78. The van der Waals surface area contributed by atoms with E-state index in [4.69, 9.17) is 11.0 Å². The van der Waals surface area contributed by atoms with Gasteiger partial charge in [-0.15, -0.1) is 0 Å². The Balaban J connectivity index is 3.33. The number of nitrogens with zero attached hydrogens (tertiary/aromatic N) is 3. The normalized spacial score (nSPS) is 11.7. The van der Waals surface area contributed by atoms with Crippen molar-refractivity contribution in [3.63, 3.8) is 0 Å². The van der Waals surface area contributed by atoms with Crippen LogP contribution in [0.15, 0.2) is 23.1 Å². The second-order valence-corrected chi connectivity index (χ2v) is 7.36. The van der Waals surface area contributed by atoms with Gasteiger partial charge in [-0.1, -0.05) is 0 Å². The summed E-state index contributed by atoms with van der Waals surface area (Å²) >= 11 is 0. The van der Waals surface area contributed by atoms with Gasteiger partial charge in [0, 0.05) is 26.7 Å². The number of nitrogens with two attached hydrogens (primary N) is 1. The van der Waals surface area contributed by atoms with Gasteiger partial charge >= 0.3 is 0 Å². The molecule has 0 amide bonds. The lowest BCUT2D eigenvalue weighted by molar-refractivity contribution is 0.520. The van der Waals surface area contributed by atoms with Crippen LogP contribution in [0.25, 0.3) is 0 Å². The fourth-order valence-corrected chi connectivity index (χ4v) is 2.89. The summed E-state index contributed by atoms with van der Waals surface area (Å²) in [7, 11) is -0.535. The van der Waals surface area contributed by atoms with Gasteiger partial charge in [-0.2, -0.15) is 5.26 Å². The largest absolute Gasteiger partial charge is 0.397 e. The van der Waals surface area contributed by atoms with Crippen molar-refractivity contribution in [2.24, 2.45) is 0 Å². The van der Waals surface area contributed by atoms with Crippen molar-refractivity contribution >= 4 is 21.4 Å². The number of benzene rings is 1. The summed E-state index contributed by atoms with van der Waals surface area (Å²) in [5, 5.41) is 8.76. The Morgan fingerprint density at radius 1 is 1.33 bits per heavy atom. The van der Waals surface area contributed by atoms with E-state index in [2.05, 4.69) is 6.07 Å². The number of nitriles is 1. The fraction of sp³-hybridized carbons (Fsp3) is 0.500. The monoisotopic (exact) mass is 310 g/mol. The average molecular weight is 310 g/mol. The van der Waals surface area contributed by atoms with Crippen molar-refractivity contribution in [2.75, 3.05) is 31.3 Å². The summed E-state index contributed by atoms with van der Waals surface area (Å²) in [5.74, 6) is 0. The molecule has 1 aromatic rings. The third kappa shape index (κ3) is 3.86. The Bertz CT molecular complexity index is 633. The Morgan fingerprint density at radius 3 is 2.43 bits per heavy atom. The molecule has 116 valence electrons. The lowest BCUT2D eigenvalue weighted by Gasteiger charge is -2.30. The zero-order valence-corrected chi connectivity index (χ0v) is 13.7. The molecule has 0 aromatic heterocycles. The van der Waals surface area contributed by atoms with Gasteiger partial charge in [-0.05, 0) is 32.0 Å². The predicted molar refractivity (Wildman–Crippen MR) is 84.4 cm³/mol. The number of hydrogen-bond donors (Lipinski definition) is 1. The van der Waals surface area contributed by atoms with Crippen LogP contribution in [0, 0.1) is 11.3 Å². The highest BCUT2D eigenvalue weighted by molar-refractivity contribution is 7.89. The molecule has 6 nitrogen and oxygen atoms in total. The highest BCUT2D eigenvalue weighted by Crippen LogP contribution is 2.29. The molecule has 0 unspecified atom stereocenters. The summed E-state index contributed by atoms with van der Waals surface area (Å²) < 4.78 is 25.6. The highest BCUT2D eigenvalue weighted by atomic mass is 32.2. The second-order valence-electron chi connectivity index (χ2n) is 5.20. The van der Waals surface area contributed by atoms with E-state index in [1.165, 1.54) is 20.2 Å². The number of nitrogen functional groups attached to an aromatic ring is 1. The molecule has 1 aromatic carbocycles. The number of rotatable bonds is 6. The summed E-state index contributed by atoms with van der Waals surface area (Å²) in [6.07, 6.45) is 0.349. The van der Waals surface area contributed by atoms with Crippen LogP contribution in [0.3, 0.4) is 0 Å². The van der Waals surface area contributed by atoms with Crippen molar-refractivity contribution in [1.29, 1.82) is 5.26 Å². The number of hydrogen-bond acceptors (Lipinski definition) is 5. The van der Waals surface area contributed by atoms with Gasteiger partial charge in [0.15, 0.2) is 0 Å². The van der Waals surface area contributed by atoms with Crippen molar-refractivity contribution in [3.05, 3.63) is 18.2 Å². The van der Waals surface area contributed by atoms with E-state index >= 15 is 0 Å². The summed E-state index contributed by atoms with van der Waals surface area (Å²) in [6, 6.07) is 6.86. The molecule has 0 aliphatic carbocycles. The molecule has 0 bridgehead atoms. The molecule has 0 atom stereocenters. The first-order chi connectivity index (χ1) is 9.71. The molecule has 0 fully saturated rings. The van der Waals surface area contributed by atoms with Gasteiger partial charge in [0.05, 0.1) is 28.8 Å². The molecule has 0 radical (unpaired) electrons. The van der Waals surface area contributed by atoms with Crippen molar-refractivity contribution in [3.8, 4) is 6.07 Å². The topological polar surface area (TPSA) is 90.4 Å². The lowest BCUT2D eigenvalue weighted by Crippen LogP contribution is -2.32. The molecule has 0 saturated carbocycles. The molecule has 0 aliphatic rings. The third-order valence-electron chi connectivity index (χ3n) is 3.18. The average Bonchev–Trinajstić information content (AvgIpc) is 2.40. The van der Waals surface area contributed by atoms with Crippen LogP contribution in [0.1, 0.15) is 20.3 Å². The predicted octanol–water partition coefficient (Wildman–Crippen LogP) is 1.65. The SMILES string of the molecule is CC(C)N(CCC#N)c1cc(S(=O)(=O)N(C)C)ccc1N. The van der Waals surface area contributed by atoms with Gasteiger partial charge in [-0.3, -0.25) is 0 Å². The fourth-order valence-electron chi connectivity index (χ4n) is 1.97. The van der Waals surface area contributed by atoms with E-state index in [9.17, 15) is 8.42 Å². The van der Waals surface area contributed by atoms with E-state index in [1.54, 1.807) is 12.1 Å². The maximum Gasteiger partial charge on any atom is 0.242 e. The van der Waals surface area contributed by atoms with Crippen LogP contribution >= 0.6 is 0 Å². The first-order valence-electron chi connectivity index (χ1n) is 6.67. The van der Waals surface area contributed by atoms with E-state index in [-0.39, 0.29) is 10.9 Å². The summed E-state index contributed by atoms with van der Waals surface area (Å²) in [6.45, 7) is 4.46. The van der Waals surface area contributed by atoms with Crippen LogP contribution in [-0.4, -0.2) is 39.4 Å². The molecule has 0 spiro atoms. The van der Waals surface area contributed by atoms with Gasteiger partial charge in [0.2, 0.25) is 10.0 Å². The zero-order valence-electron chi connectivity index (χ0n) is 12.9. The van der Waals surface area contributed by atoms with Crippen LogP contribution in [0.2, 0.25) is 0 Å². The van der Waals surface area contributed by atoms with Crippen molar-refractivity contribution in [1.82, 2.24) is 4.31 Å². The molecule has 0 heterocycles. The smallest absolute Gasteiger partial charge is 0.242 e. The summed E-state index contributed by atoms with van der Waals surface area (Å²) in [4.78, 5) is 2.13. The molecule has 0 aliphatic heterocycles. The highest BCUT2D eigenvalue weighted by Gasteiger charge is 2.21. The van der Waals surface area contributed by atoms with E-state index in [0.29, 0.717) is 24.3 Å². The van der Waals surface area contributed by atoms with Crippen molar-refractivity contribution < 1.29 is 8.42 Å². The first kappa shape index (κ1) is 17.3. The zero-order chi connectivity index (χ0) is 16.2. The standard InChI is InChI=1S/C14H22N4O2S/c1-11(2)18(9-5-8-15)14-10-12(6-7-13(14)16)21(19,20)17(3)4/h6-7,10-11H,5,9,16H2,1-4H3. The minimum Gasteiger partial charge on any atom is -0.397 e. The van der Waals surface area contributed by atoms with Gasteiger partial charge in [0.1, 0.15) is 0 Å². The van der Waals surface area contributed by atoms with Crippen LogP contribution < -0.4 is 10.6 Å². The Labute approximate surface area is 126 Å². The number of sulfonamides is 1. The molecular formula is C14H22N4O2S.